The van der Waals surface area contributed by atoms with Crippen molar-refractivity contribution in [3.8, 4) is 0 Å². The van der Waals surface area contributed by atoms with Gasteiger partial charge >= 0.3 is 0 Å². The second-order valence-electron chi connectivity index (χ2n) is 1.59. The first-order valence-corrected chi connectivity index (χ1v) is 2.41. The molecule has 0 aliphatic carbocycles. The average Bonchev–Trinajstić information content (AvgIpc) is 1.65. The average molecular weight is 101 g/mol. The fraction of sp³-hybridized carbons (Fsp3) is 0.800. The van der Waals surface area contributed by atoms with Crippen molar-refractivity contribution in [3.63, 3.8) is 0 Å². The predicted octanol–water partition coefficient (Wildman–Crippen LogP) is 0.997. The predicted molar refractivity (Wildman–Crippen MR) is 30.5 cm³/mol. The zero-order chi connectivity index (χ0) is 5.86. The molecule has 0 aromatic carbocycles. The van der Waals surface area contributed by atoms with Crippen LogP contribution >= 0.6 is 0 Å². The molecule has 0 fully saturated rings. The van der Waals surface area contributed by atoms with Crippen LogP contribution in [0.15, 0.2) is 0 Å². The molecule has 0 aromatic rings. The summed E-state index contributed by atoms with van der Waals surface area (Å²) in [4.78, 5) is 0. The van der Waals surface area contributed by atoms with Crippen molar-refractivity contribution in [2.75, 3.05) is 7.05 Å². The molecule has 2 nitrogen and oxygen atoms in total. The van der Waals surface area contributed by atoms with Gasteiger partial charge in [0, 0.05) is 13.3 Å². The van der Waals surface area contributed by atoms with E-state index in [9.17, 15) is 5.21 Å². The quantitative estimate of drug-likeness (QED) is 0.209. The van der Waals surface area contributed by atoms with Crippen LogP contribution < -0.4 is 0 Å². The van der Waals surface area contributed by atoms with Crippen molar-refractivity contribution >= 4 is 5.71 Å². The summed E-state index contributed by atoms with van der Waals surface area (Å²) in [5.74, 6) is 0. The van der Waals surface area contributed by atoms with Crippen LogP contribution in [0.1, 0.15) is 20.3 Å². The zero-order valence-corrected chi connectivity index (χ0v) is 5.06. The summed E-state index contributed by atoms with van der Waals surface area (Å²) < 4.78 is 0.889. The minimum Gasteiger partial charge on any atom is -0.624 e. The molecule has 0 N–H and O–H groups in total. The summed E-state index contributed by atoms with van der Waals surface area (Å²) in [7, 11) is 1.51. The number of hydrogen-bond acceptors (Lipinski definition) is 1. The Balaban J connectivity index is 3.72. The molecule has 0 unspecified atom stereocenters. The van der Waals surface area contributed by atoms with Crippen LogP contribution in [-0.2, 0) is 0 Å². The Hall–Kier alpha value is -0.530. The van der Waals surface area contributed by atoms with Crippen molar-refractivity contribution in [1.82, 2.24) is 0 Å². The van der Waals surface area contributed by atoms with Crippen molar-refractivity contribution < 1.29 is 4.74 Å². The molecule has 0 heterocycles. The first kappa shape index (κ1) is 6.47. The number of rotatable bonds is 1. The standard InChI is InChI=1S/C5H11NO/c1-4-5(2)6(3)7/h4H2,1-3H3/b6-5+. The second kappa shape index (κ2) is 2.61. The van der Waals surface area contributed by atoms with Gasteiger partial charge in [-0.2, -0.15) is 0 Å². The van der Waals surface area contributed by atoms with Crippen molar-refractivity contribution in [3.05, 3.63) is 5.21 Å². The van der Waals surface area contributed by atoms with Gasteiger partial charge in [-0.25, -0.2) is 4.74 Å². The van der Waals surface area contributed by atoms with E-state index in [0.29, 0.717) is 0 Å². The summed E-state index contributed by atoms with van der Waals surface area (Å²) in [6.45, 7) is 3.79. The summed E-state index contributed by atoms with van der Waals surface area (Å²) in [5, 5.41) is 10.3. The SMILES string of the molecule is CC/C(C)=[N+](\C)[O-]. The molecule has 0 atom stereocenters. The van der Waals surface area contributed by atoms with Crippen LogP contribution in [0.2, 0.25) is 0 Å². The Morgan fingerprint density at radius 2 is 2.14 bits per heavy atom. The monoisotopic (exact) mass is 101 g/mol. The van der Waals surface area contributed by atoms with E-state index in [2.05, 4.69) is 0 Å². The van der Waals surface area contributed by atoms with Crippen LogP contribution in [0.4, 0.5) is 0 Å². The number of hydrogen-bond donors (Lipinski definition) is 0. The molecule has 42 valence electrons. The molecular weight excluding hydrogens is 90.1 g/mol. The maximum atomic E-state index is 10.3. The largest absolute Gasteiger partial charge is 0.624 e. The van der Waals surface area contributed by atoms with Crippen molar-refractivity contribution in [1.29, 1.82) is 0 Å². The first-order chi connectivity index (χ1) is 3.18. The molecule has 0 rings (SSSR count). The first-order valence-electron chi connectivity index (χ1n) is 2.41. The van der Waals surface area contributed by atoms with E-state index in [1.165, 1.54) is 7.05 Å². The lowest BCUT2D eigenvalue weighted by Gasteiger charge is -1.97. The molecule has 0 aromatic heterocycles. The van der Waals surface area contributed by atoms with Gasteiger partial charge in [0.05, 0.1) is 0 Å². The molecule has 0 aliphatic heterocycles. The Kier molecular flexibility index (Phi) is 2.41. The van der Waals surface area contributed by atoms with E-state index in [1.807, 2.05) is 13.8 Å². The van der Waals surface area contributed by atoms with E-state index < -0.39 is 0 Å². The summed E-state index contributed by atoms with van der Waals surface area (Å²) >= 11 is 0. The highest BCUT2D eigenvalue weighted by Crippen LogP contribution is 1.79. The lowest BCUT2D eigenvalue weighted by atomic mass is 10.3. The normalized spacial score (nSPS) is 13.6. The molecule has 0 saturated heterocycles. The smallest absolute Gasteiger partial charge is 0.159 e. The molecule has 0 spiro atoms. The lowest BCUT2D eigenvalue weighted by Crippen LogP contribution is -2.04. The molecule has 0 amide bonds. The molecular formula is C5H11NO. The Labute approximate surface area is 44.1 Å². The lowest BCUT2D eigenvalue weighted by molar-refractivity contribution is -0.424. The van der Waals surface area contributed by atoms with Gasteiger partial charge in [0.1, 0.15) is 7.05 Å². The topological polar surface area (TPSA) is 26.1 Å². The van der Waals surface area contributed by atoms with Crippen LogP contribution in [0.5, 0.6) is 0 Å². The third-order valence-corrected chi connectivity index (χ3v) is 1.05. The van der Waals surface area contributed by atoms with Crippen LogP contribution in [0.3, 0.4) is 0 Å². The van der Waals surface area contributed by atoms with Crippen LogP contribution in [-0.4, -0.2) is 17.5 Å². The van der Waals surface area contributed by atoms with Gasteiger partial charge in [0.25, 0.3) is 0 Å². The van der Waals surface area contributed by atoms with E-state index in [-0.39, 0.29) is 0 Å². The van der Waals surface area contributed by atoms with Gasteiger partial charge in [0.2, 0.25) is 0 Å². The Morgan fingerprint density at radius 1 is 1.71 bits per heavy atom. The Bertz CT molecular complexity index is 82.1. The number of nitrogens with zero attached hydrogens (tertiary/aromatic N) is 1. The van der Waals surface area contributed by atoms with E-state index in [0.717, 1.165) is 16.9 Å². The highest BCUT2D eigenvalue weighted by molar-refractivity contribution is 5.76. The highest BCUT2D eigenvalue weighted by Gasteiger charge is 1.89. The fourth-order valence-corrected chi connectivity index (χ4v) is 0.223. The van der Waals surface area contributed by atoms with E-state index in [4.69, 9.17) is 0 Å². The minimum absolute atomic E-state index is 0.847. The van der Waals surface area contributed by atoms with Gasteiger partial charge in [-0.15, -0.1) is 0 Å². The molecule has 2 heteroatoms. The maximum Gasteiger partial charge on any atom is 0.159 e. The molecule has 0 saturated carbocycles. The summed E-state index contributed by atoms with van der Waals surface area (Å²) in [6, 6.07) is 0. The van der Waals surface area contributed by atoms with Gasteiger partial charge < -0.3 is 5.21 Å². The highest BCUT2D eigenvalue weighted by atomic mass is 16.5. The Morgan fingerprint density at radius 3 is 2.14 bits per heavy atom. The molecule has 0 bridgehead atoms. The zero-order valence-electron chi connectivity index (χ0n) is 5.06. The van der Waals surface area contributed by atoms with Crippen LogP contribution in [0.25, 0.3) is 0 Å². The van der Waals surface area contributed by atoms with Crippen molar-refractivity contribution in [2.24, 2.45) is 0 Å². The third kappa shape index (κ3) is 2.20. The summed E-state index contributed by atoms with van der Waals surface area (Å²) in [6.07, 6.45) is 0.847. The molecule has 0 aliphatic rings. The maximum absolute atomic E-state index is 10.3. The van der Waals surface area contributed by atoms with Gasteiger partial charge in [-0.05, 0) is 0 Å². The van der Waals surface area contributed by atoms with E-state index in [1.54, 1.807) is 0 Å². The fourth-order valence-electron chi connectivity index (χ4n) is 0.223. The second-order valence-corrected chi connectivity index (χ2v) is 1.59. The van der Waals surface area contributed by atoms with Gasteiger partial charge in [-0.3, -0.25) is 0 Å². The number of hydroxylamine groups is 1. The van der Waals surface area contributed by atoms with Gasteiger partial charge in [0.15, 0.2) is 5.71 Å². The molecule has 0 radical (unpaired) electrons. The van der Waals surface area contributed by atoms with Gasteiger partial charge in [-0.1, -0.05) is 6.92 Å². The molecule has 7 heavy (non-hydrogen) atoms. The minimum atomic E-state index is 0.847. The van der Waals surface area contributed by atoms with Crippen molar-refractivity contribution in [2.45, 2.75) is 20.3 Å². The van der Waals surface area contributed by atoms with E-state index >= 15 is 0 Å². The third-order valence-electron chi connectivity index (χ3n) is 1.05. The summed E-state index contributed by atoms with van der Waals surface area (Å²) in [5.41, 5.74) is 0.875. The van der Waals surface area contributed by atoms with Crippen LogP contribution in [0, 0.1) is 5.21 Å².